The highest BCUT2D eigenvalue weighted by molar-refractivity contribution is 5.98. The zero-order chi connectivity index (χ0) is 32.1. The van der Waals surface area contributed by atoms with Crippen LogP contribution < -0.4 is 15.4 Å². The largest absolute Gasteiger partial charge is 0.444 e. The number of aryl methyl sites for hydroxylation is 1. The fraction of sp³-hybridized carbons (Fsp3) is 0.429. The highest BCUT2D eigenvalue weighted by atomic mass is 16.6. The van der Waals surface area contributed by atoms with E-state index in [2.05, 4.69) is 26.7 Å². The summed E-state index contributed by atoms with van der Waals surface area (Å²) >= 11 is 0. The van der Waals surface area contributed by atoms with Crippen LogP contribution in [-0.4, -0.2) is 68.4 Å². The third kappa shape index (κ3) is 7.99. The molecule has 1 amide bonds. The standard InChI is InChI=1S/C35H44N6O4/c1-22(2)30(42)20-38-28-13-7-11-26-25(28)15-14-23(3)31(26)44-32-27(12-8-17-36-32)29-16-18-37-33(40-29)39-24-10-9-19-41(21-24)34(43)45-35(4,5)6/h7-8,11-18,22,24,30,38,42H,9-10,19-21H2,1-6H3,(H,37,39,40)/t24-,30+/m0/s1. The molecule has 1 fully saturated rings. The van der Waals surface area contributed by atoms with Crippen LogP contribution in [0, 0.1) is 12.8 Å². The lowest BCUT2D eigenvalue weighted by molar-refractivity contribution is 0.0206. The number of likely N-dealkylation sites (tertiary alicyclic amines) is 1. The number of aliphatic hydroxyl groups excluding tert-OH is 1. The van der Waals surface area contributed by atoms with Crippen molar-refractivity contribution in [2.75, 3.05) is 30.3 Å². The molecule has 3 N–H and O–H groups in total. The van der Waals surface area contributed by atoms with Gasteiger partial charge in [0.05, 0.1) is 17.4 Å². The molecule has 1 saturated heterocycles. The maximum Gasteiger partial charge on any atom is 0.410 e. The van der Waals surface area contributed by atoms with Crippen molar-refractivity contribution < 1.29 is 19.4 Å². The lowest BCUT2D eigenvalue weighted by atomic mass is 10.0. The first kappa shape index (κ1) is 32.0. The molecule has 0 unspecified atom stereocenters. The second-order valence-corrected chi connectivity index (χ2v) is 12.9. The van der Waals surface area contributed by atoms with Crippen LogP contribution in [0.15, 0.2) is 60.9 Å². The fourth-order valence-electron chi connectivity index (χ4n) is 5.29. The Hall–Kier alpha value is -4.44. The summed E-state index contributed by atoms with van der Waals surface area (Å²) in [6.07, 6.45) is 4.40. The normalized spacial score (nSPS) is 16.0. The second-order valence-electron chi connectivity index (χ2n) is 12.9. The number of amides is 1. The van der Waals surface area contributed by atoms with Gasteiger partial charge in [-0.3, -0.25) is 0 Å². The number of aromatic nitrogens is 3. The second kappa shape index (κ2) is 13.7. The van der Waals surface area contributed by atoms with Crippen LogP contribution in [0.4, 0.5) is 16.4 Å². The number of pyridine rings is 1. The van der Waals surface area contributed by atoms with Gasteiger partial charge in [0.25, 0.3) is 0 Å². The van der Waals surface area contributed by atoms with Gasteiger partial charge in [0.1, 0.15) is 11.4 Å². The average molecular weight is 613 g/mol. The molecule has 4 aromatic rings. The van der Waals surface area contributed by atoms with Gasteiger partial charge in [0.2, 0.25) is 11.8 Å². The van der Waals surface area contributed by atoms with Crippen LogP contribution in [-0.2, 0) is 4.74 Å². The van der Waals surface area contributed by atoms with E-state index in [1.807, 2.05) is 84.0 Å². The number of rotatable bonds is 9. The van der Waals surface area contributed by atoms with E-state index in [1.54, 1.807) is 17.3 Å². The number of hydrogen-bond acceptors (Lipinski definition) is 9. The lowest BCUT2D eigenvalue weighted by Crippen LogP contribution is -2.47. The van der Waals surface area contributed by atoms with E-state index < -0.39 is 11.7 Å². The Morgan fingerprint density at radius 2 is 1.89 bits per heavy atom. The summed E-state index contributed by atoms with van der Waals surface area (Å²) in [5.41, 5.74) is 2.75. The first-order chi connectivity index (χ1) is 21.5. The van der Waals surface area contributed by atoms with Crippen molar-refractivity contribution in [1.29, 1.82) is 0 Å². The molecular formula is C35H44N6O4. The Bertz CT molecular complexity index is 1640. The predicted octanol–water partition coefficient (Wildman–Crippen LogP) is 7.03. The molecule has 0 saturated carbocycles. The molecule has 10 nitrogen and oxygen atoms in total. The lowest BCUT2D eigenvalue weighted by Gasteiger charge is -2.34. The monoisotopic (exact) mass is 612 g/mol. The minimum absolute atomic E-state index is 0.00562. The summed E-state index contributed by atoms with van der Waals surface area (Å²) in [5, 5.41) is 19.1. The van der Waals surface area contributed by atoms with E-state index in [4.69, 9.17) is 14.5 Å². The molecule has 3 heterocycles. The van der Waals surface area contributed by atoms with Crippen LogP contribution >= 0.6 is 0 Å². The van der Waals surface area contributed by atoms with Crippen LogP contribution in [0.2, 0.25) is 0 Å². The summed E-state index contributed by atoms with van der Waals surface area (Å²) in [6, 6.07) is 15.7. The summed E-state index contributed by atoms with van der Waals surface area (Å²) in [6.45, 7) is 13.3. The quantitative estimate of drug-likeness (QED) is 0.183. The average Bonchev–Trinajstić information content (AvgIpc) is 3.00. The zero-order valence-electron chi connectivity index (χ0n) is 27.0. The fourth-order valence-corrected chi connectivity index (χ4v) is 5.29. The van der Waals surface area contributed by atoms with Gasteiger partial charge in [-0.15, -0.1) is 0 Å². The van der Waals surface area contributed by atoms with E-state index in [9.17, 15) is 9.90 Å². The van der Waals surface area contributed by atoms with Gasteiger partial charge in [0, 0.05) is 54.5 Å². The number of ether oxygens (including phenoxy) is 2. The number of fused-ring (bicyclic) bond motifs is 1. The van der Waals surface area contributed by atoms with E-state index >= 15 is 0 Å². The molecule has 45 heavy (non-hydrogen) atoms. The van der Waals surface area contributed by atoms with Crippen molar-refractivity contribution in [2.45, 2.75) is 72.1 Å². The molecule has 5 rings (SSSR count). The number of benzene rings is 2. The molecule has 1 aliphatic rings. The van der Waals surface area contributed by atoms with Crippen molar-refractivity contribution in [3.63, 3.8) is 0 Å². The molecule has 2 aromatic heterocycles. The molecule has 0 bridgehead atoms. The van der Waals surface area contributed by atoms with E-state index in [-0.39, 0.29) is 18.1 Å². The summed E-state index contributed by atoms with van der Waals surface area (Å²) in [5.74, 6) is 1.76. The summed E-state index contributed by atoms with van der Waals surface area (Å²) in [4.78, 5) is 28.3. The summed E-state index contributed by atoms with van der Waals surface area (Å²) < 4.78 is 12.1. The van der Waals surface area contributed by atoms with Crippen LogP contribution in [0.3, 0.4) is 0 Å². The third-order valence-corrected chi connectivity index (χ3v) is 7.79. The number of carbonyl (C=O) groups excluding carboxylic acids is 1. The molecule has 0 spiro atoms. The first-order valence-electron chi connectivity index (χ1n) is 15.6. The molecule has 2 aromatic carbocycles. The van der Waals surface area contributed by atoms with Crippen molar-refractivity contribution in [2.24, 2.45) is 5.92 Å². The molecule has 0 aliphatic carbocycles. The number of hydrogen-bond donors (Lipinski definition) is 3. The van der Waals surface area contributed by atoms with Gasteiger partial charge >= 0.3 is 6.09 Å². The van der Waals surface area contributed by atoms with Gasteiger partial charge in [-0.2, -0.15) is 0 Å². The van der Waals surface area contributed by atoms with Crippen molar-refractivity contribution in [3.05, 3.63) is 66.5 Å². The maximum atomic E-state index is 12.7. The molecular weight excluding hydrogens is 568 g/mol. The van der Waals surface area contributed by atoms with Crippen molar-refractivity contribution in [3.8, 4) is 22.9 Å². The number of carbonyl (C=O) groups is 1. The molecule has 1 aliphatic heterocycles. The van der Waals surface area contributed by atoms with Gasteiger partial charge in [-0.1, -0.05) is 38.1 Å². The summed E-state index contributed by atoms with van der Waals surface area (Å²) in [7, 11) is 0. The van der Waals surface area contributed by atoms with Gasteiger partial charge in [-0.25, -0.2) is 19.7 Å². The Morgan fingerprint density at radius 3 is 2.67 bits per heavy atom. The molecule has 0 radical (unpaired) electrons. The molecule has 2 atom stereocenters. The van der Waals surface area contributed by atoms with Crippen LogP contribution in [0.5, 0.6) is 11.6 Å². The molecule has 10 heteroatoms. The topological polar surface area (TPSA) is 122 Å². The number of piperidine rings is 1. The smallest absolute Gasteiger partial charge is 0.410 e. The zero-order valence-corrected chi connectivity index (χ0v) is 27.0. The number of nitrogens with one attached hydrogen (secondary N) is 2. The molecule has 238 valence electrons. The highest BCUT2D eigenvalue weighted by Crippen LogP contribution is 2.38. The minimum Gasteiger partial charge on any atom is -0.444 e. The SMILES string of the molecule is Cc1ccc2c(NC[C@@H](O)C(C)C)cccc2c1Oc1ncccc1-c1ccnc(N[C@H]2CCCN(C(=O)OC(C)(C)C)C2)n1. The Kier molecular flexibility index (Phi) is 9.72. The number of nitrogens with zero attached hydrogens (tertiary/aromatic N) is 4. The van der Waals surface area contributed by atoms with E-state index in [0.29, 0.717) is 42.9 Å². The van der Waals surface area contributed by atoms with E-state index in [1.165, 1.54) is 0 Å². The van der Waals surface area contributed by atoms with Gasteiger partial charge in [0.15, 0.2) is 0 Å². The van der Waals surface area contributed by atoms with Gasteiger partial charge < -0.3 is 30.1 Å². The Morgan fingerprint density at radius 1 is 1.07 bits per heavy atom. The van der Waals surface area contributed by atoms with Gasteiger partial charge in [-0.05, 0) is 76.3 Å². The maximum absolute atomic E-state index is 12.7. The van der Waals surface area contributed by atoms with Crippen LogP contribution in [0.25, 0.3) is 22.0 Å². The van der Waals surface area contributed by atoms with Crippen LogP contribution in [0.1, 0.15) is 53.0 Å². The predicted molar refractivity (Wildman–Crippen MR) is 178 cm³/mol. The highest BCUT2D eigenvalue weighted by Gasteiger charge is 2.28. The van der Waals surface area contributed by atoms with E-state index in [0.717, 1.165) is 40.4 Å². The van der Waals surface area contributed by atoms with Crippen molar-refractivity contribution >= 4 is 28.5 Å². The minimum atomic E-state index is -0.542. The number of aliphatic hydroxyl groups is 1. The number of anilines is 2. The third-order valence-electron chi connectivity index (χ3n) is 7.79. The Balaban J connectivity index is 1.37. The van der Waals surface area contributed by atoms with Crippen molar-refractivity contribution in [1.82, 2.24) is 19.9 Å². The first-order valence-corrected chi connectivity index (χ1v) is 15.6. The Labute approximate surface area is 265 Å².